The van der Waals surface area contributed by atoms with E-state index in [4.69, 9.17) is 0 Å². The molecule has 0 aliphatic rings. The number of halogens is 1. The monoisotopic (exact) mass is 311 g/mol. The zero-order valence-electron chi connectivity index (χ0n) is 11.9. The lowest BCUT2D eigenvalue weighted by Gasteiger charge is -2.20. The Labute approximate surface area is 120 Å². The minimum atomic E-state index is 0.603. The van der Waals surface area contributed by atoms with Crippen LogP contribution in [0.4, 0.5) is 0 Å². The first-order chi connectivity index (χ1) is 8.63. The van der Waals surface area contributed by atoms with Gasteiger partial charge in [-0.15, -0.1) is 0 Å². The van der Waals surface area contributed by atoms with E-state index >= 15 is 0 Å². The summed E-state index contributed by atoms with van der Waals surface area (Å²) < 4.78 is 1.23. The summed E-state index contributed by atoms with van der Waals surface area (Å²) in [5.74, 6) is 0.787. The highest BCUT2D eigenvalue weighted by molar-refractivity contribution is 9.10. The molecule has 0 saturated carbocycles. The SMILES string of the molecule is CCCNC(CCC(C)C)Cc1ccccc1Br. The highest BCUT2D eigenvalue weighted by Gasteiger charge is 2.11. The van der Waals surface area contributed by atoms with E-state index in [1.807, 2.05) is 0 Å². The first-order valence-corrected chi connectivity index (χ1v) is 7.89. The lowest BCUT2D eigenvalue weighted by Crippen LogP contribution is -2.32. The van der Waals surface area contributed by atoms with Crippen molar-refractivity contribution < 1.29 is 0 Å². The Hall–Kier alpha value is -0.340. The van der Waals surface area contributed by atoms with Crippen LogP contribution >= 0.6 is 15.9 Å². The number of hydrogen-bond donors (Lipinski definition) is 1. The van der Waals surface area contributed by atoms with Crippen molar-refractivity contribution >= 4 is 15.9 Å². The molecule has 0 radical (unpaired) electrons. The Bertz CT molecular complexity index is 336. The Balaban J connectivity index is 2.56. The quantitative estimate of drug-likeness (QED) is 0.727. The van der Waals surface area contributed by atoms with Crippen molar-refractivity contribution in [2.24, 2.45) is 5.92 Å². The van der Waals surface area contributed by atoms with Gasteiger partial charge in [-0.25, -0.2) is 0 Å². The second kappa shape index (κ2) is 8.71. The second-order valence-corrected chi connectivity index (χ2v) is 6.27. The van der Waals surface area contributed by atoms with E-state index in [2.05, 4.69) is 66.3 Å². The van der Waals surface area contributed by atoms with Gasteiger partial charge in [-0.2, -0.15) is 0 Å². The minimum absolute atomic E-state index is 0.603. The number of hydrogen-bond acceptors (Lipinski definition) is 1. The third-order valence-corrected chi connectivity index (χ3v) is 3.97. The molecule has 0 bridgehead atoms. The molecular formula is C16H26BrN. The lowest BCUT2D eigenvalue weighted by molar-refractivity contribution is 0.427. The second-order valence-electron chi connectivity index (χ2n) is 5.42. The van der Waals surface area contributed by atoms with E-state index < -0.39 is 0 Å². The molecule has 1 rings (SSSR count). The topological polar surface area (TPSA) is 12.0 Å². The number of benzene rings is 1. The molecule has 0 aliphatic carbocycles. The van der Waals surface area contributed by atoms with Crippen LogP contribution in [-0.4, -0.2) is 12.6 Å². The molecule has 1 aromatic rings. The van der Waals surface area contributed by atoms with E-state index in [0.29, 0.717) is 6.04 Å². The molecule has 0 fully saturated rings. The van der Waals surface area contributed by atoms with Crippen LogP contribution in [0, 0.1) is 5.92 Å². The molecule has 1 atom stereocenters. The normalized spacial score (nSPS) is 12.9. The van der Waals surface area contributed by atoms with Gasteiger partial charge in [0.05, 0.1) is 0 Å². The van der Waals surface area contributed by atoms with Crippen molar-refractivity contribution in [3.63, 3.8) is 0 Å². The lowest BCUT2D eigenvalue weighted by atomic mass is 9.97. The summed E-state index contributed by atoms with van der Waals surface area (Å²) in [4.78, 5) is 0. The van der Waals surface area contributed by atoms with Crippen molar-refractivity contribution in [1.29, 1.82) is 0 Å². The molecule has 2 heteroatoms. The van der Waals surface area contributed by atoms with Gasteiger partial charge in [-0.1, -0.05) is 54.9 Å². The van der Waals surface area contributed by atoms with Crippen LogP contribution in [0.3, 0.4) is 0 Å². The fourth-order valence-electron chi connectivity index (χ4n) is 2.09. The van der Waals surface area contributed by atoms with Gasteiger partial charge in [0, 0.05) is 10.5 Å². The molecule has 0 spiro atoms. The zero-order chi connectivity index (χ0) is 13.4. The van der Waals surface area contributed by atoms with Gasteiger partial charge in [0.1, 0.15) is 0 Å². The van der Waals surface area contributed by atoms with E-state index in [-0.39, 0.29) is 0 Å². The predicted molar refractivity (Wildman–Crippen MR) is 84.0 cm³/mol. The largest absolute Gasteiger partial charge is 0.314 e. The summed E-state index contributed by atoms with van der Waals surface area (Å²) in [5, 5.41) is 3.68. The summed E-state index contributed by atoms with van der Waals surface area (Å²) in [7, 11) is 0. The van der Waals surface area contributed by atoms with Gasteiger partial charge in [-0.05, 0) is 49.8 Å². The molecule has 1 N–H and O–H groups in total. The van der Waals surface area contributed by atoms with Crippen LogP contribution in [0.2, 0.25) is 0 Å². The molecule has 0 aromatic heterocycles. The van der Waals surface area contributed by atoms with Crippen LogP contribution in [0.15, 0.2) is 28.7 Å². The Kier molecular flexibility index (Phi) is 7.60. The molecule has 18 heavy (non-hydrogen) atoms. The van der Waals surface area contributed by atoms with Gasteiger partial charge in [0.15, 0.2) is 0 Å². The molecule has 1 aromatic carbocycles. The molecule has 0 saturated heterocycles. The van der Waals surface area contributed by atoms with Crippen LogP contribution in [0.1, 0.15) is 45.6 Å². The van der Waals surface area contributed by atoms with Crippen LogP contribution in [0.5, 0.6) is 0 Å². The molecule has 1 unspecified atom stereocenters. The average Bonchev–Trinajstić information content (AvgIpc) is 2.35. The molecule has 0 aliphatic heterocycles. The van der Waals surface area contributed by atoms with Gasteiger partial charge in [-0.3, -0.25) is 0 Å². The summed E-state index contributed by atoms with van der Waals surface area (Å²) in [5.41, 5.74) is 1.41. The van der Waals surface area contributed by atoms with E-state index in [9.17, 15) is 0 Å². The van der Waals surface area contributed by atoms with E-state index in [1.54, 1.807) is 0 Å². The summed E-state index contributed by atoms with van der Waals surface area (Å²) >= 11 is 3.65. The molecule has 102 valence electrons. The maximum atomic E-state index is 3.68. The third kappa shape index (κ3) is 6.01. The highest BCUT2D eigenvalue weighted by atomic mass is 79.9. The van der Waals surface area contributed by atoms with Crippen molar-refractivity contribution in [1.82, 2.24) is 5.32 Å². The molecule has 0 amide bonds. The standard InChI is InChI=1S/C16H26BrN/c1-4-11-18-15(10-9-13(2)3)12-14-7-5-6-8-16(14)17/h5-8,13,15,18H,4,9-12H2,1-3H3. The average molecular weight is 312 g/mol. The van der Waals surface area contributed by atoms with Crippen molar-refractivity contribution in [3.05, 3.63) is 34.3 Å². The number of nitrogens with one attached hydrogen (secondary N) is 1. The summed E-state index contributed by atoms with van der Waals surface area (Å²) in [6.45, 7) is 7.95. The third-order valence-electron chi connectivity index (χ3n) is 3.20. The molecule has 0 heterocycles. The fraction of sp³-hybridized carbons (Fsp3) is 0.625. The van der Waals surface area contributed by atoms with Gasteiger partial charge < -0.3 is 5.32 Å². The maximum absolute atomic E-state index is 3.68. The summed E-state index contributed by atoms with van der Waals surface area (Å²) in [6.07, 6.45) is 4.88. The zero-order valence-corrected chi connectivity index (χ0v) is 13.5. The minimum Gasteiger partial charge on any atom is -0.314 e. The molecule has 1 nitrogen and oxygen atoms in total. The Morgan fingerprint density at radius 3 is 2.50 bits per heavy atom. The Morgan fingerprint density at radius 1 is 1.17 bits per heavy atom. The maximum Gasteiger partial charge on any atom is 0.0207 e. The summed E-state index contributed by atoms with van der Waals surface area (Å²) in [6, 6.07) is 9.16. The fourth-order valence-corrected chi connectivity index (χ4v) is 2.54. The number of rotatable bonds is 8. The first-order valence-electron chi connectivity index (χ1n) is 7.10. The molecular weight excluding hydrogens is 286 g/mol. The predicted octanol–water partition coefficient (Wildman–Crippen LogP) is 4.80. The van der Waals surface area contributed by atoms with Crippen molar-refractivity contribution in [2.75, 3.05) is 6.54 Å². The van der Waals surface area contributed by atoms with Gasteiger partial charge in [0.25, 0.3) is 0 Å². The highest BCUT2D eigenvalue weighted by Crippen LogP contribution is 2.19. The van der Waals surface area contributed by atoms with Crippen LogP contribution in [-0.2, 0) is 6.42 Å². The van der Waals surface area contributed by atoms with Crippen molar-refractivity contribution in [2.45, 2.75) is 52.5 Å². The van der Waals surface area contributed by atoms with Crippen LogP contribution < -0.4 is 5.32 Å². The van der Waals surface area contributed by atoms with Crippen LogP contribution in [0.25, 0.3) is 0 Å². The van der Waals surface area contributed by atoms with E-state index in [0.717, 1.165) is 18.9 Å². The van der Waals surface area contributed by atoms with Gasteiger partial charge in [0.2, 0.25) is 0 Å². The van der Waals surface area contributed by atoms with Gasteiger partial charge >= 0.3 is 0 Å². The first kappa shape index (κ1) is 15.7. The van der Waals surface area contributed by atoms with E-state index in [1.165, 1.54) is 29.3 Å². The van der Waals surface area contributed by atoms with Crippen molar-refractivity contribution in [3.8, 4) is 0 Å². The smallest absolute Gasteiger partial charge is 0.0207 e. The Morgan fingerprint density at radius 2 is 1.89 bits per heavy atom.